The molecule has 0 radical (unpaired) electrons. The first kappa shape index (κ1) is 17.2. The van der Waals surface area contributed by atoms with E-state index in [2.05, 4.69) is 0 Å². The Hall–Kier alpha value is -2.66. The van der Waals surface area contributed by atoms with Crippen LogP contribution in [0.15, 0.2) is 60.7 Å². The molecule has 1 heterocycles. The number of likely N-dealkylation sites (N-methyl/N-ethyl adjacent to an activating group) is 1. The number of nitrogens with zero attached hydrogens (tertiary/aromatic N) is 2. The molecule has 5 heteroatoms. The Morgan fingerprint density at radius 3 is 2.24 bits per heavy atom. The molecule has 0 bridgehead atoms. The van der Waals surface area contributed by atoms with Crippen LogP contribution in [0.5, 0.6) is 0 Å². The van der Waals surface area contributed by atoms with Gasteiger partial charge in [0.25, 0.3) is 0 Å². The van der Waals surface area contributed by atoms with Crippen LogP contribution in [-0.2, 0) is 11.2 Å². The lowest BCUT2D eigenvalue weighted by Gasteiger charge is -2.26. The normalized spacial score (nSPS) is 21.5. The van der Waals surface area contributed by atoms with Crippen molar-refractivity contribution in [1.29, 1.82) is 0 Å². The molecule has 1 fully saturated rings. The van der Waals surface area contributed by atoms with Crippen LogP contribution in [0.4, 0.5) is 4.79 Å². The Labute approximate surface area is 148 Å². The molecule has 3 amide bonds. The minimum atomic E-state index is -0.753. The van der Waals surface area contributed by atoms with Gasteiger partial charge in [0.05, 0.1) is 18.1 Å². The van der Waals surface area contributed by atoms with Crippen molar-refractivity contribution in [3.8, 4) is 0 Å². The number of urea groups is 1. The Morgan fingerprint density at radius 1 is 1.08 bits per heavy atom. The molecule has 25 heavy (non-hydrogen) atoms. The molecule has 2 aromatic rings. The number of carbonyl (C=O) groups is 2. The van der Waals surface area contributed by atoms with Gasteiger partial charge in [0.2, 0.25) is 5.91 Å². The molecule has 130 valence electrons. The highest BCUT2D eigenvalue weighted by Gasteiger charge is 2.46. The van der Waals surface area contributed by atoms with Crippen molar-refractivity contribution in [2.24, 2.45) is 5.73 Å². The van der Waals surface area contributed by atoms with Crippen molar-refractivity contribution < 1.29 is 9.59 Å². The molecule has 5 nitrogen and oxygen atoms in total. The topological polar surface area (TPSA) is 66.6 Å². The Morgan fingerprint density at radius 2 is 1.64 bits per heavy atom. The van der Waals surface area contributed by atoms with E-state index in [1.54, 1.807) is 11.9 Å². The summed E-state index contributed by atoms with van der Waals surface area (Å²) in [6.45, 7) is 1.95. The lowest BCUT2D eigenvalue weighted by atomic mass is 9.99. The van der Waals surface area contributed by atoms with Gasteiger partial charge in [-0.25, -0.2) is 4.79 Å². The first-order valence-corrected chi connectivity index (χ1v) is 8.45. The summed E-state index contributed by atoms with van der Waals surface area (Å²) >= 11 is 0. The van der Waals surface area contributed by atoms with Crippen molar-refractivity contribution in [3.63, 3.8) is 0 Å². The summed E-state index contributed by atoms with van der Waals surface area (Å²) in [5.41, 5.74) is 8.08. The van der Waals surface area contributed by atoms with Gasteiger partial charge in [-0.1, -0.05) is 60.7 Å². The number of amides is 3. The third-order valence-corrected chi connectivity index (χ3v) is 4.85. The van der Waals surface area contributed by atoms with E-state index in [4.69, 9.17) is 5.73 Å². The summed E-state index contributed by atoms with van der Waals surface area (Å²) in [6.07, 6.45) is 0.406. The van der Waals surface area contributed by atoms with Crippen LogP contribution in [0, 0.1) is 0 Å². The van der Waals surface area contributed by atoms with Gasteiger partial charge in [0.1, 0.15) is 0 Å². The summed E-state index contributed by atoms with van der Waals surface area (Å²) < 4.78 is 0. The summed E-state index contributed by atoms with van der Waals surface area (Å²) in [7, 11) is 1.72. The standard InChI is InChI=1S/C20H23N3O2/c1-14-18(16-11-7-4-8-12-16)23(20(25)22(14)2)19(24)17(21)13-15-9-5-3-6-10-15/h3-12,14,17-18H,13,21H2,1-2H3/t14-,17-,18-/m0/s1. The van der Waals surface area contributed by atoms with Gasteiger partial charge in [-0.3, -0.25) is 9.69 Å². The predicted octanol–water partition coefficient (Wildman–Crippen LogP) is 2.58. The fourth-order valence-corrected chi connectivity index (χ4v) is 3.33. The van der Waals surface area contributed by atoms with Crippen LogP contribution in [0.3, 0.4) is 0 Å². The number of hydrogen-bond donors (Lipinski definition) is 1. The first-order chi connectivity index (χ1) is 12.0. The van der Waals surface area contributed by atoms with Gasteiger partial charge in [-0.2, -0.15) is 0 Å². The zero-order valence-corrected chi connectivity index (χ0v) is 14.5. The van der Waals surface area contributed by atoms with E-state index < -0.39 is 6.04 Å². The minimum Gasteiger partial charge on any atom is -0.322 e. The van der Waals surface area contributed by atoms with Crippen molar-refractivity contribution in [2.75, 3.05) is 7.05 Å². The van der Waals surface area contributed by atoms with Crippen LogP contribution in [0.1, 0.15) is 24.1 Å². The lowest BCUT2D eigenvalue weighted by Crippen LogP contribution is -2.47. The number of rotatable bonds is 4. The fourth-order valence-electron chi connectivity index (χ4n) is 3.33. The van der Waals surface area contributed by atoms with E-state index in [0.717, 1.165) is 11.1 Å². The molecule has 0 spiro atoms. The SMILES string of the molecule is C[C@H]1[C@@H](c2ccccc2)N(C(=O)[C@@H](N)Cc2ccccc2)C(=O)N1C. The average Bonchev–Trinajstić information content (AvgIpc) is 2.86. The Balaban J connectivity index is 1.87. The van der Waals surface area contributed by atoms with Gasteiger partial charge in [0, 0.05) is 7.05 Å². The maximum atomic E-state index is 13.0. The van der Waals surface area contributed by atoms with Gasteiger partial charge in [0.15, 0.2) is 0 Å². The lowest BCUT2D eigenvalue weighted by molar-refractivity contribution is -0.130. The van der Waals surface area contributed by atoms with E-state index in [1.807, 2.05) is 67.6 Å². The van der Waals surface area contributed by atoms with E-state index in [0.29, 0.717) is 6.42 Å². The molecule has 1 aliphatic rings. The molecule has 0 aromatic heterocycles. The van der Waals surface area contributed by atoms with E-state index in [9.17, 15) is 9.59 Å². The van der Waals surface area contributed by atoms with Crippen LogP contribution in [0.2, 0.25) is 0 Å². The summed E-state index contributed by atoms with van der Waals surface area (Å²) in [5.74, 6) is -0.334. The highest BCUT2D eigenvalue weighted by atomic mass is 16.2. The van der Waals surface area contributed by atoms with Crippen molar-refractivity contribution >= 4 is 11.9 Å². The van der Waals surface area contributed by atoms with Crippen molar-refractivity contribution in [1.82, 2.24) is 9.80 Å². The molecule has 2 aromatic carbocycles. The number of carbonyl (C=O) groups excluding carboxylic acids is 2. The van der Waals surface area contributed by atoms with Gasteiger partial charge in [-0.05, 0) is 24.5 Å². The summed E-state index contributed by atoms with van der Waals surface area (Å²) in [5, 5.41) is 0. The summed E-state index contributed by atoms with van der Waals surface area (Å²) in [4.78, 5) is 28.6. The Kier molecular flexibility index (Phi) is 4.86. The number of nitrogens with two attached hydrogens (primary N) is 1. The monoisotopic (exact) mass is 337 g/mol. The number of hydrogen-bond acceptors (Lipinski definition) is 3. The highest BCUT2D eigenvalue weighted by molar-refractivity contribution is 5.99. The maximum Gasteiger partial charge on any atom is 0.327 e. The molecule has 0 saturated carbocycles. The molecule has 2 N–H and O–H groups in total. The van der Waals surface area contributed by atoms with E-state index in [-0.39, 0.29) is 24.0 Å². The van der Waals surface area contributed by atoms with Crippen molar-refractivity contribution in [3.05, 3.63) is 71.8 Å². The van der Waals surface area contributed by atoms with Gasteiger partial charge in [-0.15, -0.1) is 0 Å². The molecule has 1 aliphatic heterocycles. The molecule has 1 saturated heterocycles. The molecule has 0 unspecified atom stereocenters. The summed E-state index contributed by atoms with van der Waals surface area (Å²) in [6, 6.07) is 17.8. The van der Waals surface area contributed by atoms with E-state index >= 15 is 0 Å². The zero-order valence-electron chi connectivity index (χ0n) is 14.5. The van der Waals surface area contributed by atoms with E-state index in [1.165, 1.54) is 4.90 Å². The average molecular weight is 337 g/mol. The van der Waals surface area contributed by atoms with Gasteiger partial charge >= 0.3 is 6.03 Å². The second kappa shape index (κ2) is 7.07. The molecule has 0 aliphatic carbocycles. The molecule has 3 atom stereocenters. The second-order valence-corrected chi connectivity index (χ2v) is 6.49. The Bertz CT molecular complexity index is 748. The van der Waals surface area contributed by atoms with Crippen LogP contribution >= 0.6 is 0 Å². The fraction of sp³-hybridized carbons (Fsp3) is 0.300. The maximum absolute atomic E-state index is 13.0. The third-order valence-electron chi connectivity index (χ3n) is 4.85. The number of imide groups is 1. The highest BCUT2D eigenvalue weighted by Crippen LogP contribution is 2.34. The number of benzene rings is 2. The quantitative estimate of drug-likeness (QED) is 0.932. The van der Waals surface area contributed by atoms with Crippen LogP contribution in [0.25, 0.3) is 0 Å². The molecule has 3 rings (SSSR count). The second-order valence-electron chi connectivity index (χ2n) is 6.49. The minimum absolute atomic E-state index is 0.109. The molecular formula is C20H23N3O2. The van der Waals surface area contributed by atoms with Crippen LogP contribution < -0.4 is 5.73 Å². The van der Waals surface area contributed by atoms with Crippen molar-refractivity contribution in [2.45, 2.75) is 31.5 Å². The van der Waals surface area contributed by atoms with Gasteiger partial charge < -0.3 is 10.6 Å². The molecular weight excluding hydrogens is 314 g/mol. The smallest absolute Gasteiger partial charge is 0.322 e. The first-order valence-electron chi connectivity index (χ1n) is 8.45. The predicted molar refractivity (Wildman–Crippen MR) is 96.8 cm³/mol. The zero-order chi connectivity index (χ0) is 18.0. The largest absolute Gasteiger partial charge is 0.327 e. The van der Waals surface area contributed by atoms with Crippen LogP contribution in [-0.4, -0.2) is 40.9 Å². The third kappa shape index (κ3) is 3.28.